The number of benzene rings is 2. The Kier molecular flexibility index (Phi) is 5.01. The number of nitrogens with one attached hydrogen (secondary N) is 2. The van der Waals surface area contributed by atoms with Crippen LogP contribution in [0.1, 0.15) is 12.8 Å². The van der Waals surface area contributed by atoms with Crippen molar-refractivity contribution < 1.29 is 31.1 Å². The number of sulfonamides is 1. The molecule has 3 rings (SSSR count). The van der Waals surface area contributed by atoms with E-state index in [4.69, 9.17) is 0 Å². The Balaban J connectivity index is 1.76. The smallest absolute Gasteiger partial charge is 0.406 e. The van der Waals surface area contributed by atoms with Gasteiger partial charge in [0.15, 0.2) is 0 Å². The van der Waals surface area contributed by atoms with E-state index in [1.54, 1.807) is 12.1 Å². The highest BCUT2D eigenvalue weighted by Gasteiger charge is 2.31. The van der Waals surface area contributed by atoms with Crippen molar-refractivity contribution in [3.05, 3.63) is 48.5 Å². The molecule has 0 aliphatic heterocycles. The van der Waals surface area contributed by atoms with Gasteiger partial charge in [0.05, 0.1) is 10.6 Å². The lowest BCUT2D eigenvalue weighted by Crippen LogP contribution is -2.18. The number of alkyl halides is 3. The van der Waals surface area contributed by atoms with E-state index in [-0.39, 0.29) is 17.5 Å². The molecule has 0 spiro atoms. The number of halogens is 3. The minimum absolute atomic E-state index is 0.0123. The maximum atomic E-state index is 12.4. The first-order valence-corrected chi connectivity index (χ1v) is 9.40. The van der Waals surface area contributed by atoms with Crippen molar-refractivity contribution in [3.8, 4) is 5.75 Å². The summed E-state index contributed by atoms with van der Waals surface area (Å²) < 4.78 is 67.8. The molecule has 1 fully saturated rings. The zero-order valence-corrected chi connectivity index (χ0v) is 14.6. The van der Waals surface area contributed by atoms with E-state index >= 15 is 0 Å². The van der Waals surface area contributed by atoms with E-state index in [1.807, 2.05) is 0 Å². The largest absolute Gasteiger partial charge is 0.573 e. The molecule has 27 heavy (non-hydrogen) atoms. The first kappa shape index (κ1) is 19.0. The first-order valence-electron chi connectivity index (χ1n) is 7.92. The van der Waals surface area contributed by atoms with Crippen LogP contribution in [0, 0.1) is 5.92 Å². The summed E-state index contributed by atoms with van der Waals surface area (Å²) in [5.74, 6) is -0.787. The van der Waals surface area contributed by atoms with Crippen molar-refractivity contribution in [1.29, 1.82) is 0 Å². The number of rotatable bonds is 6. The number of hydrogen-bond acceptors (Lipinski definition) is 4. The molecule has 1 aliphatic carbocycles. The summed E-state index contributed by atoms with van der Waals surface area (Å²) in [6, 6.07) is 10.1. The van der Waals surface area contributed by atoms with Gasteiger partial charge in [-0.1, -0.05) is 12.1 Å². The minimum atomic E-state index is -4.93. The van der Waals surface area contributed by atoms with Crippen LogP contribution in [0.25, 0.3) is 0 Å². The molecule has 144 valence electrons. The highest BCUT2D eigenvalue weighted by molar-refractivity contribution is 7.92. The van der Waals surface area contributed by atoms with Crippen LogP contribution in [0.5, 0.6) is 5.75 Å². The van der Waals surface area contributed by atoms with Gasteiger partial charge in [0.25, 0.3) is 10.0 Å². The molecule has 0 aromatic heterocycles. The van der Waals surface area contributed by atoms with E-state index in [1.165, 1.54) is 12.1 Å². The zero-order chi connectivity index (χ0) is 19.7. The van der Waals surface area contributed by atoms with Crippen molar-refractivity contribution >= 4 is 27.3 Å². The molecular weight excluding hydrogens is 385 g/mol. The van der Waals surface area contributed by atoms with Crippen LogP contribution in [-0.2, 0) is 14.8 Å². The molecule has 2 aromatic rings. The number of carbonyl (C=O) groups is 1. The lowest BCUT2D eigenvalue weighted by Gasteiger charge is -2.12. The topological polar surface area (TPSA) is 84.5 Å². The van der Waals surface area contributed by atoms with Crippen LogP contribution >= 0.6 is 0 Å². The summed E-state index contributed by atoms with van der Waals surface area (Å²) in [7, 11) is -4.15. The van der Waals surface area contributed by atoms with Gasteiger partial charge in [0.2, 0.25) is 5.91 Å². The number of carbonyl (C=O) groups excluding carboxylic acids is 1. The number of hydrogen-bond donors (Lipinski definition) is 2. The van der Waals surface area contributed by atoms with Crippen LogP contribution in [0.2, 0.25) is 0 Å². The highest BCUT2D eigenvalue weighted by Crippen LogP contribution is 2.31. The Morgan fingerprint density at radius 2 is 1.70 bits per heavy atom. The predicted molar refractivity (Wildman–Crippen MR) is 91.7 cm³/mol. The lowest BCUT2D eigenvalue weighted by molar-refractivity contribution is -0.274. The van der Waals surface area contributed by atoms with Gasteiger partial charge in [0.1, 0.15) is 5.75 Å². The fourth-order valence-electron chi connectivity index (χ4n) is 2.30. The summed E-state index contributed by atoms with van der Waals surface area (Å²) in [6.07, 6.45) is -3.27. The van der Waals surface area contributed by atoms with E-state index < -0.39 is 27.0 Å². The second-order valence-corrected chi connectivity index (χ2v) is 7.65. The fraction of sp³-hybridized carbons (Fsp3) is 0.235. The average Bonchev–Trinajstić information content (AvgIpc) is 3.38. The average molecular weight is 400 g/mol. The third-order valence-electron chi connectivity index (χ3n) is 3.68. The number of ether oxygens (including phenoxy) is 1. The fourth-order valence-corrected chi connectivity index (χ4v) is 3.39. The van der Waals surface area contributed by atoms with Crippen molar-refractivity contribution in [2.24, 2.45) is 5.92 Å². The quantitative estimate of drug-likeness (QED) is 0.774. The van der Waals surface area contributed by atoms with Gasteiger partial charge in [-0.15, -0.1) is 13.2 Å². The van der Waals surface area contributed by atoms with Crippen molar-refractivity contribution in [2.75, 3.05) is 10.0 Å². The Labute approximate surface area is 153 Å². The summed E-state index contributed by atoms with van der Waals surface area (Å²) in [6.45, 7) is 0. The molecule has 0 atom stereocenters. The van der Waals surface area contributed by atoms with E-state index in [9.17, 15) is 26.4 Å². The van der Waals surface area contributed by atoms with Crippen LogP contribution in [0.3, 0.4) is 0 Å². The van der Waals surface area contributed by atoms with Gasteiger partial charge in [-0.3, -0.25) is 9.52 Å². The maximum Gasteiger partial charge on any atom is 0.573 e. The minimum Gasteiger partial charge on any atom is -0.406 e. The van der Waals surface area contributed by atoms with E-state index in [0.29, 0.717) is 5.69 Å². The molecule has 6 nitrogen and oxygen atoms in total. The third-order valence-corrected chi connectivity index (χ3v) is 5.06. The number of amides is 1. The van der Waals surface area contributed by atoms with Crippen LogP contribution in [0.15, 0.2) is 53.4 Å². The molecule has 1 amide bonds. The molecule has 2 aromatic carbocycles. The first-order chi connectivity index (χ1) is 12.6. The highest BCUT2D eigenvalue weighted by atomic mass is 32.2. The Morgan fingerprint density at radius 1 is 1.04 bits per heavy atom. The summed E-state index contributed by atoms with van der Waals surface area (Å²) in [5.41, 5.74) is 0.576. The van der Waals surface area contributed by atoms with Gasteiger partial charge in [0, 0.05) is 17.7 Å². The molecule has 2 N–H and O–H groups in total. The van der Waals surface area contributed by atoms with Gasteiger partial charge in [-0.05, 0) is 43.2 Å². The molecule has 0 heterocycles. The second kappa shape index (κ2) is 7.10. The van der Waals surface area contributed by atoms with Gasteiger partial charge in [-0.2, -0.15) is 0 Å². The van der Waals surface area contributed by atoms with E-state index in [0.717, 1.165) is 37.1 Å². The molecule has 0 unspecified atom stereocenters. The molecule has 0 saturated heterocycles. The standard InChI is InChI=1S/C17H15F3N2O4S/c18-17(19,20)26-14-5-2-6-15(10-14)27(24,25)22-13-4-1-3-12(9-13)21-16(23)11-7-8-11/h1-6,9-11,22H,7-8H2,(H,21,23). The van der Waals surface area contributed by atoms with Gasteiger partial charge < -0.3 is 10.1 Å². The van der Waals surface area contributed by atoms with Crippen molar-refractivity contribution in [3.63, 3.8) is 0 Å². The summed E-state index contributed by atoms with van der Waals surface area (Å²) in [5, 5.41) is 2.69. The Bertz CT molecular complexity index is 957. The third kappa shape index (κ3) is 5.36. The van der Waals surface area contributed by atoms with Crippen LogP contribution in [0.4, 0.5) is 24.5 Å². The molecular formula is C17H15F3N2O4S. The second-order valence-electron chi connectivity index (χ2n) is 5.97. The van der Waals surface area contributed by atoms with Crippen molar-refractivity contribution in [1.82, 2.24) is 0 Å². The lowest BCUT2D eigenvalue weighted by atomic mass is 10.2. The monoisotopic (exact) mass is 400 g/mol. The Hall–Kier alpha value is -2.75. The SMILES string of the molecule is O=C(Nc1cccc(NS(=O)(=O)c2cccc(OC(F)(F)F)c2)c1)C1CC1. The van der Waals surface area contributed by atoms with E-state index in [2.05, 4.69) is 14.8 Å². The molecule has 10 heteroatoms. The van der Waals surface area contributed by atoms with Crippen molar-refractivity contribution in [2.45, 2.75) is 24.1 Å². The predicted octanol–water partition coefficient (Wildman–Crippen LogP) is 3.73. The molecule has 1 saturated carbocycles. The summed E-state index contributed by atoms with van der Waals surface area (Å²) >= 11 is 0. The van der Waals surface area contributed by atoms with Gasteiger partial charge >= 0.3 is 6.36 Å². The molecule has 0 bridgehead atoms. The number of anilines is 2. The van der Waals surface area contributed by atoms with Crippen LogP contribution in [-0.4, -0.2) is 20.7 Å². The van der Waals surface area contributed by atoms with Gasteiger partial charge in [-0.25, -0.2) is 8.42 Å². The van der Waals surface area contributed by atoms with Crippen LogP contribution < -0.4 is 14.8 Å². The zero-order valence-electron chi connectivity index (χ0n) is 13.8. The Morgan fingerprint density at radius 3 is 2.37 bits per heavy atom. The maximum absolute atomic E-state index is 12.4. The molecule has 0 radical (unpaired) electrons. The normalized spacial score (nSPS) is 14.5. The summed E-state index contributed by atoms with van der Waals surface area (Å²) in [4.78, 5) is 11.4. The molecule has 1 aliphatic rings.